The van der Waals surface area contributed by atoms with E-state index < -0.39 is 8.26 Å². The van der Waals surface area contributed by atoms with Crippen LogP contribution in [0.1, 0.15) is 0 Å². The maximum atomic E-state index is 9.16. The van der Waals surface area contributed by atoms with Crippen LogP contribution in [0.15, 0.2) is 60.7 Å². The third-order valence-corrected chi connectivity index (χ3v) is 2.25. The molecule has 2 rings (SSSR count). The highest BCUT2D eigenvalue weighted by molar-refractivity contribution is 8.31. The van der Waals surface area contributed by atoms with E-state index in [1.807, 2.05) is 48.5 Å². The maximum Gasteiger partial charge on any atom is 0.317 e. The molecular weight excluding hydrogens is 350 g/mol. The van der Waals surface area contributed by atoms with Crippen LogP contribution in [0.2, 0.25) is 10.0 Å². The van der Waals surface area contributed by atoms with Gasteiger partial charge >= 0.3 is 8.26 Å². The van der Waals surface area contributed by atoms with E-state index in [0.29, 0.717) is 10.0 Å². The minimum absolute atomic E-state index is 0.606. The number of rotatable bonds is 0. The minimum Gasteiger partial charge on any atom is -0.195 e. The summed E-state index contributed by atoms with van der Waals surface area (Å²) in [6.07, 6.45) is 0. The van der Waals surface area contributed by atoms with E-state index >= 15 is 0 Å². The predicted octanol–water partition coefficient (Wildman–Crippen LogP) is 5.39. The largest absolute Gasteiger partial charge is 0.317 e. The lowest BCUT2D eigenvalue weighted by Gasteiger charge is -1.88. The van der Waals surface area contributed by atoms with E-state index in [2.05, 4.69) is 21.4 Å². The first-order valence-corrected chi connectivity index (χ1v) is 8.74. The van der Waals surface area contributed by atoms with Crippen molar-refractivity contribution >= 4 is 52.8 Å². The van der Waals surface area contributed by atoms with E-state index in [0.717, 1.165) is 0 Å². The molecule has 0 heterocycles. The molecule has 2 aromatic rings. The molecule has 0 saturated heterocycles. The minimum atomic E-state index is -3.72. The van der Waals surface area contributed by atoms with Crippen LogP contribution in [-0.4, -0.2) is 8.42 Å². The Balaban J connectivity index is 0.000000265. The molecule has 0 amide bonds. The number of halogens is 4. The van der Waals surface area contributed by atoms with Gasteiger partial charge in [-0.25, -0.2) is 0 Å². The summed E-state index contributed by atoms with van der Waals surface area (Å²) in [5.74, 6) is 0. The lowest BCUT2D eigenvalue weighted by molar-refractivity contribution is 0.621. The average molecular weight is 360 g/mol. The van der Waals surface area contributed by atoms with Crippen molar-refractivity contribution in [3.8, 4) is 0 Å². The van der Waals surface area contributed by atoms with Gasteiger partial charge in [0.2, 0.25) is 0 Å². The van der Waals surface area contributed by atoms with Crippen LogP contribution in [0.3, 0.4) is 0 Å². The second-order valence-corrected chi connectivity index (χ2v) is 7.43. The van der Waals surface area contributed by atoms with E-state index in [4.69, 9.17) is 31.6 Å². The molecule has 0 aromatic heterocycles. The summed E-state index contributed by atoms with van der Waals surface area (Å²) >= 11 is 11.2. The smallest absolute Gasteiger partial charge is 0.195 e. The SMILES string of the molecule is Clc1ccccc1Cl.O=S(=O)(Cl)Cl.c1ccccc1. The molecule has 0 fully saturated rings. The Morgan fingerprint density at radius 2 is 0.842 bits per heavy atom. The van der Waals surface area contributed by atoms with Gasteiger partial charge in [-0.2, -0.15) is 8.42 Å². The summed E-state index contributed by atoms with van der Waals surface area (Å²) in [6.45, 7) is 0. The molecule has 0 aliphatic heterocycles. The maximum absolute atomic E-state index is 9.16. The molecule has 0 spiro atoms. The Kier molecular flexibility index (Phi) is 10.1. The summed E-state index contributed by atoms with van der Waals surface area (Å²) in [5.41, 5.74) is 0. The fourth-order valence-electron chi connectivity index (χ4n) is 0.824. The zero-order valence-corrected chi connectivity index (χ0v) is 13.4. The highest BCUT2D eigenvalue weighted by Gasteiger charge is 1.89. The molecular formula is C12H10Cl4O2S. The summed E-state index contributed by atoms with van der Waals surface area (Å²) in [6, 6.07) is 19.2. The molecule has 19 heavy (non-hydrogen) atoms. The van der Waals surface area contributed by atoms with Gasteiger partial charge in [0.1, 0.15) is 0 Å². The van der Waals surface area contributed by atoms with Gasteiger partial charge < -0.3 is 0 Å². The fraction of sp³-hybridized carbons (Fsp3) is 0. The standard InChI is InChI=1S/C6H4Cl2.C6H6.Cl2O2S/c7-5-3-1-2-4-6(5)8;1-2-4-6-5-3-1;1-5(2,3)4/h1-4H;1-6H;. The van der Waals surface area contributed by atoms with Gasteiger partial charge in [-0.15, -0.1) is 0 Å². The molecule has 2 aromatic carbocycles. The van der Waals surface area contributed by atoms with E-state index in [-0.39, 0.29) is 0 Å². The van der Waals surface area contributed by atoms with Gasteiger partial charge in [-0.05, 0) is 12.1 Å². The van der Waals surface area contributed by atoms with Crippen LogP contribution in [0.25, 0.3) is 0 Å². The van der Waals surface area contributed by atoms with Gasteiger partial charge in [0.15, 0.2) is 0 Å². The molecule has 0 radical (unpaired) electrons. The Bertz CT molecular complexity index is 503. The quantitative estimate of drug-likeness (QED) is 0.591. The number of hydrogen-bond donors (Lipinski definition) is 0. The second kappa shape index (κ2) is 10.4. The van der Waals surface area contributed by atoms with Crippen molar-refractivity contribution in [2.45, 2.75) is 0 Å². The van der Waals surface area contributed by atoms with Crippen molar-refractivity contribution in [1.82, 2.24) is 0 Å². The highest BCUT2D eigenvalue weighted by atomic mass is 36.0. The van der Waals surface area contributed by atoms with Gasteiger partial charge in [-0.1, -0.05) is 71.7 Å². The van der Waals surface area contributed by atoms with Gasteiger partial charge in [0, 0.05) is 21.4 Å². The van der Waals surface area contributed by atoms with Crippen LogP contribution >= 0.6 is 44.6 Å². The average Bonchev–Trinajstić information content (AvgIpc) is 2.34. The van der Waals surface area contributed by atoms with Gasteiger partial charge in [-0.3, -0.25) is 0 Å². The molecule has 0 atom stereocenters. The van der Waals surface area contributed by atoms with Crippen molar-refractivity contribution < 1.29 is 8.42 Å². The topological polar surface area (TPSA) is 34.1 Å². The summed E-state index contributed by atoms with van der Waals surface area (Å²) in [4.78, 5) is 0. The first-order chi connectivity index (χ1) is 8.80. The molecule has 0 bridgehead atoms. The van der Waals surface area contributed by atoms with Gasteiger partial charge in [0.25, 0.3) is 0 Å². The van der Waals surface area contributed by atoms with Crippen LogP contribution in [0.4, 0.5) is 0 Å². The molecule has 0 aliphatic carbocycles. The van der Waals surface area contributed by atoms with Crippen LogP contribution in [0.5, 0.6) is 0 Å². The van der Waals surface area contributed by atoms with Crippen molar-refractivity contribution in [2.24, 2.45) is 0 Å². The Morgan fingerprint density at radius 3 is 1.00 bits per heavy atom. The normalized spacial score (nSPS) is 9.47. The lowest BCUT2D eigenvalue weighted by atomic mass is 10.4. The Morgan fingerprint density at radius 1 is 0.632 bits per heavy atom. The van der Waals surface area contributed by atoms with E-state index in [9.17, 15) is 0 Å². The fourth-order valence-corrected chi connectivity index (χ4v) is 1.10. The van der Waals surface area contributed by atoms with Crippen LogP contribution in [0, 0.1) is 0 Å². The third-order valence-electron chi connectivity index (χ3n) is 1.49. The van der Waals surface area contributed by atoms with E-state index in [1.165, 1.54) is 0 Å². The molecule has 0 unspecified atom stereocenters. The number of hydrogen-bond acceptors (Lipinski definition) is 2. The first kappa shape index (κ1) is 18.6. The Labute approximate surface area is 131 Å². The summed E-state index contributed by atoms with van der Waals surface area (Å²) in [7, 11) is 4.81. The van der Waals surface area contributed by atoms with Gasteiger partial charge in [0.05, 0.1) is 10.0 Å². The van der Waals surface area contributed by atoms with Crippen molar-refractivity contribution in [1.29, 1.82) is 0 Å². The molecule has 0 saturated carbocycles. The predicted molar refractivity (Wildman–Crippen MR) is 83.5 cm³/mol. The monoisotopic (exact) mass is 358 g/mol. The zero-order valence-electron chi connectivity index (χ0n) is 9.51. The number of benzene rings is 2. The summed E-state index contributed by atoms with van der Waals surface area (Å²) in [5, 5.41) is 1.21. The van der Waals surface area contributed by atoms with Crippen molar-refractivity contribution in [2.75, 3.05) is 0 Å². The zero-order chi connectivity index (χ0) is 14.7. The molecule has 0 aliphatic rings. The van der Waals surface area contributed by atoms with Crippen molar-refractivity contribution in [3.05, 3.63) is 70.7 Å². The molecule has 7 heteroatoms. The highest BCUT2D eigenvalue weighted by Crippen LogP contribution is 2.19. The van der Waals surface area contributed by atoms with Crippen molar-refractivity contribution in [3.63, 3.8) is 0 Å². The molecule has 2 nitrogen and oxygen atoms in total. The van der Waals surface area contributed by atoms with E-state index in [1.54, 1.807) is 12.1 Å². The second-order valence-electron chi connectivity index (χ2n) is 2.95. The molecule has 0 N–H and O–H groups in total. The van der Waals surface area contributed by atoms with Crippen LogP contribution < -0.4 is 0 Å². The Hall–Kier alpha value is -0.450. The first-order valence-electron chi connectivity index (χ1n) is 4.85. The third kappa shape index (κ3) is 15.5. The molecule has 104 valence electrons. The van der Waals surface area contributed by atoms with Crippen LogP contribution in [-0.2, 0) is 8.26 Å². The lowest BCUT2D eigenvalue weighted by Crippen LogP contribution is -1.63. The summed E-state index contributed by atoms with van der Waals surface area (Å²) < 4.78 is 18.3.